The number of H-pyrrole nitrogens is 1. The Morgan fingerprint density at radius 2 is 1.67 bits per heavy atom. The van der Waals surface area contributed by atoms with Gasteiger partial charge < -0.3 is 10.7 Å². The van der Waals surface area contributed by atoms with E-state index in [1.807, 2.05) is 24.3 Å². The van der Waals surface area contributed by atoms with Crippen molar-refractivity contribution in [3.8, 4) is 22.8 Å². The van der Waals surface area contributed by atoms with Crippen LogP contribution < -0.4 is 5.73 Å². The van der Waals surface area contributed by atoms with Crippen molar-refractivity contribution in [1.29, 1.82) is 0 Å². The summed E-state index contributed by atoms with van der Waals surface area (Å²) in [5.74, 6) is 0.769. The van der Waals surface area contributed by atoms with Gasteiger partial charge in [-0.15, -0.1) is 0 Å². The minimum atomic E-state index is 0.147. The lowest BCUT2D eigenvalue weighted by Crippen LogP contribution is -1.99. The number of nitrogen functional groups attached to an aromatic ring is 1. The van der Waals surface area contributed by atoms with E-state index in [2.05, 4.69) is 19.9 Å². The number of nitrogens with zero attached hydrogens (tertiary/aromatic N) is 3. The SMILES string of the molecule is Nc1nc(-c2nc3ccccc3[nH]2)cc(-c2ccc(Cl)cc2Cl)n1. The number of rotatable bonds is 2. The number of hydrogen-bond acceptors (Lipinski definition) is 4. The summed E-state index contributed by atoms with van der Waals surface area (Å²) in [6, 6.07) is 14.8. The Morgan fingerprint density at radius 3 is 2.46 bits per heavy atom. The molecule has 0 spiro atoms. The number of aromatic nitrogens is 4. The van der Waals surface area contributed by atoms with E-state index in [-0.39, 0.29) is 5.95 Å². The molecule has 4 aromatic rings. The Balaban J connectivity index is 1.87. The molecule has 2 aromatic heterocycles. The molecular weight excluding hydrogens is 345 g/mol. The van der Waals surface area contributed by atoms with Crippen molar-refractivity contribution in [1.82, 2.24) is 19.9 Å². The van der Waals surface area contributed by atoms with E-state index >= 15 is 0 Å². The number of aromatic amines is 1. The normalized spacial score (nSPS) is 11.1. The second kappa shape index (κ2) is 5.78. The third-order valence-electron chi connectivity index (χ3n) is 3.58. The smallest absolute Gasteiger partial charge is 0.221 e. The fourth-order valence-electron chi connectivity index (χ4n) is 2.50. The zero-order valence-corrected chi connectivity index (χ0v) is 13.8. The highest BCUT2D eigenvalue weighted by molar-refractivity contribution is 6.36. The molecule has 2 heterocycles. The second-order valence-electron chi connectivity index (χ2n) is 5.22. The number of anilines is 1. The number of fused-ring (bicyclic) bond motifs is 1. The molecule has 0 atom stereocenters. The molecule has 0 unspecified atom stereocenters. The quantitative estimate of drug-likeness (QED) is 0.551. The Kier molecular flexibility index (Phi) is 3.59. The Bertz CT molecular complexity index is 1020. The first-order chi connectivity index (χ1) is 11.6. The van der Waals surface area contributed by atoms with Crippen LogP contribution in [0.25, 0.3) is 33.8 Å². The topological polar surface area (TPSA) is 80.5 Å². The van der Waals surface area contributed by atoms with E-state index in [9.17, 15) is 0 Å². The largest absolute Gasteiger partial charge is 0.368 e. The minimum absolute atomic E-state index is 0.147. The van der Waals surface area contributed by atoms with Crippen molar-refractivity contribution in [3.63, 3.8) is 0 Å². The van der Waals surface area contributed by atoms with Gasteiger partial charge >= 0.3 is 0 Å². The summed E-state index contributed by atoms with van der Waals surface area (Å²) in [5.41, 5.74) is 9.60. The van der Waals surface area contributed by atoms with E-state index < -0.39 is 0 Å². The molecule has 0 amide bonds. The molecule has 2 aromatic carbocycles. The first-order valence-electron chi connectivity index (χ1n) is 7.15. The predicted octanol–water partition coefficient (Wildman–Crippen LogP) is 4.58. The molecule has 0 aliphatic carbocycles. The van der Waals surface area contributed by atoms with Crippen LogP contribution in [0.1, 0.15) is 0 Å². The van der Waals surface area contributed by atoms with Crippen LogP contribution in [0.4, 0.5) is 5.95 Å². The van der Waals surface area contributed by atoms with E-state index in [0.717, 1.165) is 16.6 Å². The number of nitrogens with two attached hydrogens (primary N) is 1. The number of hydrogen-bond donors (Lipinski definition) is 2. The fraction of sp³-hybridized carbons (Fsp3) is 0. The molecule has 0 aliphatic rings. The van der Waals surface area contributed by atoms with E-state index in [1.54, 1.807) is 24.3 Å². The van der Waals surface area contributed by atoms with Gasteiger partial charge in [-0.3, -0.25) is 0 Å². The summed E-state index contributed by atoms with van der Waals surface area (Å²) in [7, 11) is 0. The standard InChI is InChI=1S/C17H11Cl2N5/c18-9-5-6-10(11(19)7-9)14-8-15(24-17(20)23-14)16-21-12-3-1-2-4-13(12)22-16/h1-8H,(H,21,22)(H2,20,23,24). The highest BCUT2D eigenvalue weighted by atomic mass is 35.5. The van der Waals surface area contributed by atoms with Crippen LogP contribution in [0.5, 0.6) is 0 Å². The number of halogens is 2. The van der Waals surface area contributed by atoms with Crippen molar-refractivity contribution >= 4 is 40.2 Å². The molecule has 24 heavy (non-hydrogen) atoms. The lowest BCUT2D eigenvalue weighted by Gasteiger charge is -2.06. The maximum Gasteiger partial charge on any atom is 0.221 e. The van der Waals surface area contributed by atoms with Gasteiger partial charge in [0.25, 0.3) is 0 Å². The molecule has 7 heteroatoms. The van der Waals surface area contributed by atoms with Gasteiger partial charge in [-0.25, -0.2) is 15.0 Å². The van der Waals surface area contributed by atoms with Gasteiger partial charge in [0.15, 0.2) is 5.82 Å². The van der Waals surface area contributed by atoms with E-state index in [0.29, 0.717) is 27.3 Å². The molecule has 118 valence electrons. The summed E-state index contributed by atoms with van der Waals surface area (Å²) in [6.07, 6.45) is 0. The number of para-hydroxylation sites is 2. The Hall–Kier alpha value is -2.63. The maximum atomic E-state index is 6.27. The molecule has 0 fully saturated rings. The first kappa shape index (κ1) is 14.9. The van der Waals surface area contributed by atoms with Crippen LogP contribution in [0, 0.1) is 0 Å². The lowest BCUT2D eigenvalue weighted by atomic mass is 10.1. The van der Waals surface area contributed by atoms with Gasteiger partial charge in [0.05, 0.1) is 21.7 Å². The van der Waals surface area contributed by atoms with Gasteiger partial charge in [0.1, 0.15) is 5.69 Å². The van der Waals surface area contributed by atoms with Crippen LogP contribution in [0.2, 0.25) is 10.0 Å². The number of nitrogens with one attached hydrogen (secondary N) is 1. The molecule has 4 rings (SSSR count). The van der Waals surface area contributed by atoms with Crippen molar-refractivity contribution in [3.05, 3.63) is 58.6 Å². The van der Waals surface area contributed by atoms with Crippen LogP contribution in [-0.4, -0.2) is 19.9 Å². The van der Waals surface area contributed by atoms with Crippen LogP contribution in [0.3, 0.4) is 0 Å². The first-order valence-corrected chi connectivity index (χ1v) is 7.91. The molecule has 0 bridgehead atoms. The van der Waals surface area contributed by atoms with Gasteiger partial charge in [-0.2, -0.15) is 0 Å². The van der Waals surface area contributed by atoms with E-state index in [4.69, 9.17) is 28.9 Å². The van der Waals surface area contributed by atoms with E-state index in [1.165, 1.54) is 0 Å². The summed E-state index contributed by atoms with van der Waals surface area (Å²) in [5, 5.41) is 1.06. The van der Waals surface area contributed by atoms with Crippen molar-refractivity contribution < 1.29 is 0 Å². The summed E-state index contributed by atoms with van der Waals surface area (Å²) in [4.78, 5) is 16.3. The van der Waals surface area contributed by atoms with Crippen LogP contribution in [0.15, 0.2) is 48.5 Å². The summed E-state index contributed by atoms with van der Waals surface area (Å²) in [6.45, 7) is 0. The highest BCUT2D eigenvalue weighted by Gasteiger charge is 2.12. The summed E-state index contributed by atoms with van der Waals surface area (Å²) < 4.78 is 0. The Labute approximate surface area is 147 Å². The third kappa shape index (κ3) is 2.68. The van der Waals surface area contributed by atoms with Gasteiger partial charge in [-0.1, -0.05) is 35.3 Å². The number of imidazole rings is 1. The second-order valence-corrected chi connectivity index (χ2v) is 6.07. The van der Waals surface area contributed by atoms with Crippen molar-refractivity contribution in [2.75, 3.05) is 5.73 Å². The van der Waals surface area contributed by atoms with Crippen LogP contribution in [-0.2, 0) is 0 Å². The average molecular weight is 356 g/mol. The van der Waals surface area contributed by atoms with Gasteiger partial charge in [0, 0.05) is 10.6 Å². The van der Waals surface area contributed by atoms with Crippen LogP contribution >= 0.6 is 23.2 Å². The zero-order chi connectivity index (χ0) is 16.7. The highest BCUT2D eigenvalue weighted by Crippen LogP contribution is 2.31. The summed E-state index contributed by atoms with van der Waals surface area (Å²) >= 11 is 12.2. The fourth-order valence-corrected chi connectivity index (χ4v) is 3.00. The predicted molar refractivity (Wildman–Crippen MR) is 97.0 cm³/mol. The monoisotopic (exact) mass is 355 g/mol. The minimum Gasteiger partial charge on any atom is -0.368 e. The molecule has 5 nitrogen and oxygen atoms in total. The molecule has 0 radical (unpaired) electrons. The van der Waals surface area contributed by atoms with Crippen molar-refractivity contribution in [2.45, 2.75) is 0 Å². The lowest BCUT2D eigenvalue weighted by molar-refractivity contribution is 1.16. The molecule has 3 N–H and O–H groups in total. The number of benzene rings is 2. The average Bonchev–Trinajstić information content (AvgIpc) is 2.98. The molecule has 0 saturated heterocycles. The molecular formula is C17H11Cl2N5. The third-order valence-corrected chi connectivity index (χ3v) is 4.13. The van der Waals surface area contributed by atoms with Gasteiger partial charge in [0.2, 0.25) is 5.95 Å². The van der Waals surface area contributed by atoms with Crippen molar-refractivity contribution in [2.24, 2.45) is 0 Å². The maximum absolute atomic E-state index is 6.27. The molecule has 0 saturated carbocycles. The Morgan fingerprint density at radius 1 is 0.875 bits per heavy atom. The zero-order valence-electron chi connectivity index (χ0n) is 12.3. The van der Waals surface area contributed by atoms with Gasteiger partial charge in [-0.05, 0) is 36.4 Å². The molecule has 0 aliphatic heterocycles.